The summed E-state index contributed by atoms with van der Waals surface area (Å²) in [6.07, 6.45) is 1.16. The van der Waals surface area contributed by atoms with Gasteiger partial charge in [0.2, 0.25) is 5.91 Å². The summed E-state index contributed by atoms with van der Waals surface area (Å²) in [6, 6.07) is 16.2. The van der Waals surface area contributed by atoms with Crippen LogP contribution >= 0.6 is 11.8 Å². The Morgan fingerprint density at radius 1 is 1.14 bits per heavy atom. The minimum Gasteiger partial charge on any atom is -0.494 e. The number of para-hydroxylation sites is 1. The predicted molar refractivity (Wildman–Crippen MR) is 122 cm³/mol. The summed E-state index contributed by atoms with van der Waals surface area (Å²) in [7, 11) is 0. The maximum atomic E-state index is 12.7. The van der Waals surface area contributed by atoms with Crippen LogP contribution in [0, 0.1) is 6.92 Å². The summed E-state index contributed by atoms with van der Waals surface area (Å²) in [6.45, 7) is 9.89. The Hall–Kier alpha value is -2.27. The van der Waals surface area contributed by atoms with E-state index in [-0.39, 0.29) is 11.3 Å². The molecule has 3 rings (SSSR count). The Bertz CT molecular complexity index is 869. The standard InChI is InChI=1S/C24H30N2O2S/c1-18-8-5-6-9-21(18)25-23-26(15-17-29-23)22(27)10-7-16-28-20-13-11-19(12-14-20)24(2,3)4/h5-6,8-9,11-14H,7,10,15-17H2,1-4H3. The van der Waals surface area contributed by atoms with E-state index < -0.39 is 0 Å². The molecule has 1 aliphatic heterocycles. The van der Waals surface area contributed by atoms with E-state index >= 15 is 0 Å². The average molecular weight is 411 g/mol. The van der Waals surface area contributed by atoms with Gasteiger partial charge in [-0.1, -0.05) is 62.9 Å². The zero-order valence-corrected chi connectivity index (χ0v) is 18.6. The highest BCUT2D eigenvalue weighted by Gasteiger charge is 2.25. The molecule has 0 aliphatic carbocycles. The van der Waals surface area contributed by atoms with Gasteiger partial charge in [-0.25, -0.2) is 4.99 Å². The van der Waals surface area contributed by atoms with Crippen molar-refractivity contribution >= 4 is 28.5 Å². The Morgan fingerprint density at radius 2 is 1.86 bits per heavy atom. The molecule has 2 aromatic carbocycles. The van der Waals surface area contributed by atoms with Crippen LogP contribution in [0.2, 0.25) is 0 Å². The molecule has 0 radical (unpaired) electrons. The number of rotatable bonds is 6. The number of carbonyl (C=O) groups excluding carboxylic acids is 1. The van der Waals surface area contributed by atoms with Crippen molar-refractivity contribution in [3.8, 4) is 5.75 Å². The van der Waals surface area contributed by atoms with Crippen LogP contribution in [0.15, 0.2) is 53.5 Å². The van der Waals surface area contributed by atoms with Crippen LogP contribution in [0.1, 0.15) is 44.7 Å². The molecule has 154 valence electrons. The van der Waals surface area contributed by atoms with E-state index in [9.17, 15) is 4.79 Å². The molecule has 4 nitrogen and oxygen atoms in total. The Labute approximate surface area is 178 Å². The maximum Gasteiger partial charge on any atom is 0.228 e. The zero-order valence-electron chi connectivity index (χ0n) is 17.8. The van der Waals surface area contributed by atoms with Gasteiger partial charge in [-0.3, -0.25) is 9.69 Å². The van der Waals surface area contributed by atoms with Gasteiger partial charge in [0.15, 0.2) is 5.17 Å². The van der Waals surface area contributed by atoms with Gasteiger partial charge >= 0.3 is 0 Å². The second kappa shape index (κ2) is 9.49. The molecular weight excluding hydrogens is 380 g/mol. The van der Waals surface area contributed by atoms with Gasteiger partial charge in [0.05, 0.1) is 12.3 Å². The van der Waals surface area contributed by atoms with Gasteiger partial charge < -0.3 is 4.74 Å². The van der Waals surface area contributed by atoms with Gasteiger partial charge in [-0.15, -0.1) is 0 Å². The summed E-state index contributed by atoms with van der Waals surface area (Å²) in [4.78, 5) is 19.2. The molecule has 5 heteroatoms. The minimum atomic E-state index is 0.119. The van der Waals surface area contributed by atoms with Crippen LogP contribution in [0.4, 0.5) is 5.69 Å². The monoisotopic (exact) mass is 410 g/mol. The number of nitrogens with zero attached hydrogens (tertiary/aromatic N) is 2. The van der Waals surface area contributed by atoms with Crippen LogP contribution in [0.25, 0.3) is 0 Å². The number of aryl methyl sites for hydroxylation is 1. The second-order valence-electron chi connectivity index (χ2n) is 8.30. The molecule has 1 fully saturated rings. The summed E-state index contributed by atoms with van der Waals surface area (Å²) in [5.41, 5.74) is 3.46. The van der Waals surface area contributed by atoms with E-state index in [4.69, 9.17) is 9.73 Å². The molecule has 1 heterocycles. The molecule has 0 atom stereocenters. The first-order valence-electron chi connectivity index (χ1n) is 10.2. The summed E-state index contributed by atoms with van der Waals surface area (Å²) < 4.78 is 5.82. The SMILES string of the molecule is Cc1ccccc1N=C1SCCN1C(=O)CCCOc1ccc(C(C)(C)C)cc1. The lowest BCUT2D eigenvalue weighted by atomic mass is 9.87. The third kappa shape index (κ3) is 5.86. The van der Waals surface area contributed by atoms with Crippen LogP contribution in [-0.2, 0) is 10.2 Å². The largest absolute Gasteiger partial charge is 0.494 e. The topological polar surface area (TPSA) is 41.9 Å². The van der Waals surface area contributed by atoms with Crippen molar-refractivity contribution in [1.82, 2.24) is 4.90 Å². The number of carbonyl (C=O) groups is 1. The highest BCUT2D eigenvalue weighted by atomic mass is 32.2. The molecule has 0 N–H and O–H groups in total. The van der Waals surface area contributed by atoms with Crippen LogP contribution in [0.5, 0.6) is 5.75 Å². The predicted octanol–water partition coefficient (Wildman–Crippen LogP) is 5.71. The number of hydrogen-bond donors (Lipinski definition) is 0. The van der Waals surface area contributed by atoms with Crippen molar-refractivity contribution in [3.05, 3.63) is 59.7 Å². The third-order valence-electron chi connectivity index (χ3n) is 4.93. The van der Waals surface area contributed by atoms with Gasteiger partial charge in [0.25, 0.3) is 0 Å². The first kappa shape index (κ1) is 21.4. The van der Waals surface area contributed by atoms with Crippen molar-refractivity contribution in [2.24, 2.45) is 4.99 Å². The second-order valence-corrected chi connectivity index (χ2v) is 9.36. The van der Waals surface area contributed by atoms with Crippen molar-refractivity contribution in [1.29, 1.82) is 0 Å². The number of thioether (sulfide) groups is 1. The lowest BCUT2D eigenvalue weighted by Gasteiger charge is -2.19. The lowest BCUT2D eigenvalue weighted by molar-refractivity contribution is -0.127. The zero-order chi connectivity index (χ0) is 20.9. The normalized spacial score (nSPS) is 15.7. The van der Waals surface area contributed by atoms with Crippen molar-refractivity contribution in [2.75, 3.05) is 18.9 Å². The molecule has 0 saturated carbocycles. The maximum absolute atomic E-state index is 12.7. The number of amides is 1. The van der Waals surface area contributed by atoms with E-state index in [2.05, 4.69) is 32.9 Å². The van der Waals surface area contributed by atoms with E-state index in [0.717, 1.165) is 34.5 Å². The number of benzene rings is 2. The van der Waals surface area contributed by atoms with Crippen LogP contribution in [0.3, 0.4) is 0 Å². The first-order valence-corrected chi connectivity index (χ1v) is 11.1. The van der Waals surface area contributed by atoms with E-state index in [0.29, 0.717) is 19.4 Å². The van der Waals surface area contributed by atoms with Crippen LogP contribution in [-0.4, -0.2) is 34.9 Å². The Kier molecular flexibility index (Phi) is 7.01. The molecule has 1 aliphatic rings. The fourth-order valence-corrected chi connectivity index (χ4v) is 4.09. The number of aliphatic imine (C=N–C) groups is 1. The molecule has 0 unspecified atom stereocenters. The molecule has 0 bridgehead atoms. The van der Waals surface area contributed by atoms with E-state index in [1.54, 1.807) is 11.8 Å². The number of amidine groups is 1. The van der Waals surface area contributed by atoms with Crippen LogP contribution < -0.4 is 4.74 Å². The molecular formula is C24H30N2O2S. The quantitative estimate of drug-likeness (QED) is 0.572. The van der Waals surface area contributed by atoms with Crippen molar-refractivity contribution in [2.45, 2.75) is 46.0 Å². The Morgan fingerprint density at radius 3 is 2.55 bits per heavy atom. The van der Waals surface area contributed by atoms with Crippen molar-refractivity contribution < 1.29 is 9.53 Å². The third-order valence-corrected chi connectivity index (χ3v) is 5.89. The van der Waals surface area contributed by atoms with Gasteiger partial charge in [0.1, 0.15) is 5.75 Å². The van der Waals surface area contributed by atoms with E-state index in [1.807, 2.05) is 48.2 Å². The molecule has 29 heavy (non-hydrogen) atoms. The van der Waals surface area contributed by atoms with Crippen molar-refractivity contribution in [3.63, 3.8) is 0 Å². The average Bonchev–Trinajstić information content (AvgIpc) is 3.15. The molecule has 0 spiro atoms. The number of hydrogen-bond acceptors (Lipinski definition) is 4. The van der Waals surface area contributed by atoms with Gasteiger partial charge in [0, 0.05) is 18.7 Å². The summed E-state index contributed by atoms with van der Waals surface area (Å²) >= 11 is 1.65. The highest BCUT2D eigenvalue weighted by Crippen LogP contribution is 2.26. The lowest BCUT2D eigenvalue weighted by Crippen LogP contribution is -2.31. The van der Waals surface area contributed by atoms with Gasteiger partial charge in [-0.2, -0.15) is 0 Å². The highest BCUT2D eigenvalue weighted by molar-refractivity contribution is 8.14. The summed E-state index contributed by atoms with van der Waals surface area (Å²) in [5.74, 6) is 1.87. The first-order chi connectivity index (χ1) is 13.8. The minimum absolute atomic E-state index is 0.119. The molecule has 0 aromatic heterocycles. The van der Waals surface area contributed by atoms with Gasteiger partial charge in [-0.05, 0) is 48.1 Å². The fraction of sp³-hybridized carbons (Fsp3) is 0.417. The molecule has 1 amide bonds. The Balaban J connectivity index is 1.49. The fourth-order valence-electron chi connectivity index (χ4n) is 3.12. The number of ether oxygens (including phenoxy) is 1. The molecule has 2 aromatic rings. The van der Waals surface area contributed by atoms with E-state index in [1.165, 1.54) is 5.56 Å². The smallest absolute Gasteiger partial charge is 0.228 e. The summed E-state index contributed by atoms with van der Waals surface area (Å²) in [5, 5.41) is 0.808. The molecule has 1 saturated heterocycles.